The molecular weight excluding hydrogens is 473 g/mol. The maximum Gasteiger partial charge on any atom is 0.392 e. The predicted octanol–water partition coefficient (Wildman–Crippen LogP) is 3.72. The van der Waals surface area contributed by atoms with E-state index in [1.54, 1.807) is 11.8 Å². The summed E-state index contributed by atoms with van der Waals surface area (Å²) in [4.78, 5) is 22.1. The smallest absolute Gasteiger partial charge is 0.380 e. The number of imidazole rings is 1. The van der Waals surface area contributed by atoms with Crippen LogP contribution in [0.5, 0.6) is 0 Å². The summed E-state index contributed by atoms with van der Waals surface area (Å²) < 4.78 is 48.3. The molecule has 1 amide bonds. The maximum atomic E-state index is 13.1. The highest BCUT2D eigenvalue weighted by atomic mass is 19.4. The van der Waals surface area contributed by atoms with Crippen LogP contribution in [0.2, 0.25) is 0 Å². The van der Waals surface area contributed by atoms with Gasteiger partial charge >= 0.3 is 6.18 Å². The number of benzene rings is 1. The van der Waals surface area contributed by atoms with Crippen molar-refractivity contribution < 1.29 is 22.7 Å². The molecule has 11 heteroatoms. The lowest BCUT2D eigenvalue weighted by Crippen LogP contribution is -2.32. The zero-order valence-corrected chi connectivity index (χ0v) is 20.3. The molecule has 2 aliphatic rings. The van der Waals surface area contributed by atoms with Gasteiger partial charge in [-0.2, -0.15) is 18.3 Å². The normalized spacial score (nSPS) is 19.6. The first kappa shape index (κ1) is 24.5. The Morgan fingerprint density at radius 1 is 1.17 bits per heavy atom. The fourth-order valence-corrected chi connectivity index (χ4v) is 4.96. The van der Waals surface area contributed by atoms with Gasteiger partial charge in [0.05, 0.1) is 24.3 Å². The number of fused-ring (bicyclic) bond motifs is 2. The van der Waals surface area contributed by atoms with Gasteiger partial charge in [0.25, 0.3) is 5.91 Å². The number of nitrogens with one attached hydrogen (secondary N) is 1. The number of carbonyl (C=O) groups excluding carboxylic acids is 1. The van der Waals surface area contributed by atoms with Crippen LogP contribution in [0.25, 0.3) is 11.4 Å². The monoisotopic (exact) mass is 502 g/mol. The van der Waals surface area contributed by atoms with Crippen LogP contribution in [0.15, 0.2) is 24.3 Å². The quantitative estimate of drug-likeness (QED) is 0.555. The lowest BCUT2D eigenvalue weighted by Gasteiger charge is -2.24. The molecule has 0 fully saturated rings. The Balaban J connectivity index is 1.25. The van der Waals surface area contributed by atoms with Gasteiger partial charge in [0.2, 0.25) is 0 Å². The molecule has 36 heavy (non-hydrogen) atoms. The summed E-state index contributed by atoms with van der Waals surface area (Å²) in [6.07, 6.45) is -1.95. The van der Waals surface area contributed by atoms with Gasteiger partial charge in [0.15, 0.2) is 5.82 Å². The third-order valence-electron chi connectivity index (χ3n) is 7.07. The summed E-state index contributed by atoms with van der Waals surface area (Å²) in [7, 11) is 1.68. The zero-order valence-electron chi connectivity index (χ0n) is 20.3. The average molecular weight is 503 g/mol. The van der Waals surface area contributed by atoms with Gasteiger partial charge in [0, 0.05) is 38.6 Å². The van der Waals surface area contributed by atoms with E-state index in [-0.39, 0.29) is 31.4 Å². The zero-order chi connectivity index (χ0) is 25.4. The summed E-state index contributed by atoms with van der Waals surface area (Å²) in [6.45, 7) is 3.14. The van der Waals surface area contributed by atoms with E-state index in [1.807, 2.05) is 35.8 Å². The molecule has 192 valence electrons. The van der Waals surface area contributed by atoms with Crippen LogP contribution in [0, 0.1) is 5.92 Å². The molecule has 0 radical (unpaired) electrons. The predicted molar refractivity (Wildman–Crippen MR) is 125 cm³/mol. The molecule has 0 spiro atoms. The second-order valence-corrected chi connectivity index (χ2v) is 9.37. The van der Waals surface area contributed by atoms with Gasteiger partial charge in [-0.25, -0.2) is 14.6 Å². The van der Waals surface area contributed by atoms with Gasteiger partial charge in [-0.3, -0.25) is 4.79 Å². The van der Waals surface area contributed by atoms with Crippen molar-refractivity contribution in [1.82, 2.24) is 29.6 Å². The summed E-state index contributed by atoms with van der Waals surface area (Å²) in [5, 5.41) is 7.39. The average Bonchev–Trinajstić information content (AvgIpc) is 3.47. The van der Waals surface area contributed by atoms with E-state index in [1.165, 1.54) is 0 Å². The maximum absolute atomic E-state index is 13.1. The topological polar surface area (TPSA) is 86.9 Å². The summed E-state index contributed by atoms with van der Waals surface area (Å²) in [5.41, 5.74) is 2.99. The van der Waals surface area contributed by atoms with E-state index >= 15 is 0 Å². The van der Waals surface area contributed by atoms with E-state index in [2.05, 4.69) is 20.4 Å². The molecule has 1 aromatic carbocycles. The Bertz CT molecular complexity index is 1250. The Morgan fingerprint density at radius 3 is 2.64 bits per heavy atom. The molecule has 0 aliphatic carbocycles. The van der Waals surface area contributed by atoms with Crippen LogP contribution in [0.3, 0.4) is 0 Å². The van der Waals surface area contributed by atoms with Crippen molar-refractivity contribution in [2.24, 2.45) is 5.92 Å². The van der Waals surface area contributed by atoms with Crippen LogP contribution >= 0.6 is 0 Å². The third-order valence-corrected chi connectivity index (χ3v) is 7.07. The van der Waals surface area contributed by atoms with Gasteiger partial charge in [-0.05, 0) is 24.8 Å². The molecule has 2 aromatic heterocycles. The number of hydrogen-bond acceptors (Lipinski definition) is 5. The molecule has 1 N–H and O–H groups in total. The first-order valence-electron chi connectivity index (χ1n) is 12.3. The Labute approximate surface area is 206 Å². The fourth-order valence-electron chi connectivity index (χ4n) is 4.96. The minimum Gasteiger partial charge on any atom is -0.380 e. The molecule has 2 atom stereocenters. The highest BCUT2D eigenvalue weighted by molar-refractivity contribution is 5.94. The summed E-state index contributed by atoms with van der Waals surface area (Å²) >= 11 is 0. The van der Waals surface area contributed by atoms with Crippen LogP contribution in [-0.4, -0.2) is 49.6 Å². The molecule has 3 aromatic rings. The lowest BCUT2D eigenvalue weighted by molar-refractivity contribution is -0.179. The second kappa shape index (κ2) is 9.68. The van der Waals surface area contributed by atoms with E-state index < -0.39 is 12.1 Å². The van der Waals surface area contributed by atoms with Crippen LogP contribution < -0.4 is 5.32 Å². The van der Waals surface area contributed by atoms with Crippen LogP contribution in [0.4, 0.5) is 13.2 Å². The van der Waals surface area contributed by atoms with E-state index in [4.69, 9.17) is 4.74 Å². The molecular formula is C25H29F3N6O2. The number of halogens is 3. The number of ether oxygens (including phenoxy) is 1. The number of amides is 1. The molecule has 8 nitrogen and oxygen atoms in total. The molecule has 1 unspecified atom stereocenters. The number of methoxy groups -OCH3 is 1. The minimum atomic E-state index is -4.22. The number of alkyl halides is 3. The van der Waals surface area contributed by atoms with Crippen molar-refractivity contribution >= 4 is 5.91 Å². The van der Waals surface area contributed by atoms with E-state index in [0.29, 0.717) is 36.9 Å². The second-order valence-electron chi connectivity index (χ2n) is 9.37. The highest BCUT2D eigenvalue weighted by Crippen LogP contribution is 2.35. The number of nitrogens with zero attached hydrogens (tertiary/aromatic N) is 5. The largest absolute Gasteiger partial charge is 0.392 e. The van der Waals surface area contributed by atoms with Gasteiger partial charge in [0.1, 0.15) is 17.3 Å². The number of rotatable bonds is 6. The van der Waals surface area contributed by atoms with Gasteiger partial charge in [-0.1, -0.05) is 31.2 Å². The lowest BCUT2D eigenvalue weighted by atomic mass is 9.98. The fraction of sp³-hybridized carbons (Fsp3) is 0.520. The number of carbonyl (C=O) groups is 1. The molecule has 2 aliphatic heterocycles. The Morgan fingerprint density at radius 2 is 1.94 bits per heavy atom. The van der Waals surface area contributed by atoms with Crippen molar-refractivity contribution in [2.75, 3.05) is 7.11 Å². The van der Waals surface area contributed by atoms with Crippen molar-refractivity contribution in [3.8, 4) is 11.4 Å². The van der Waals surface area contributed by atoms with Crippen molar-refractivity contribution in [3.05, 3.63) is 52.9 Å². The van der Waals surface area contributed by atoms with Crippen LogP contribution in [0.1, 0.15) is 53.2 Å². The summed E-state index contributed by atoms with van der Waals surface area (Å²) in [6, 6.07) is 7.38. The Kier molecular flexibility index (Phi) is 6.59. The SMILES string of the molecule is CCc1nc2n(c1C(=O)NCc1ccc(-c3nc4n(n3)CCC(C(F)(F)F)C4)cc1)C[C@@H](OC)CC2. The molecule has 0 bridgehead atoms. The van der Waals surface area contributed by atoms with Crippen molar-refractivity contribution in [3.63, 3.8) is 0 Å². The minimum absolute atomic E-state index is 0.0181. The van der Waals surface area contributed by atoms with Crippen molar-refractivity contribution in [1.29, 1.82) is 0 Å². The van der Waals surface area contributed by atoms with Gasteiger partial charge < -0.3 is 14.6 Å². The first-order valence-corrected chi connectivity index (χ1v) is 12.3. The number of aryl methyl sites for hydroxylation is 3. The first-order chi connectivity index (χ1) is 17.3. The number of aromatic nitrogens is 5. The van der Waals surface area contributed by atoms with Crippen molar-refractivity contribution in [2.45, 2.75) is 70.9 Å². The number of hydrogen-bond donors (Lipinski definition) is 1. The third kappa shape index (κ3) is 4.76. The Hall–Kier alpha value is -3.21. The molecule has 0 saturated heterocycles. The van der Waals surface area contributed by atoms with E-state index in [0.717, 1.165) is 35.5 Å². The van der Waals surface area contributed by atoms with Gasteiger partial charge in [-0.15, -0.1) is 0 Å². The van der Waals surface area contributed by atoms with Crippen LogP contribution in [-0.2, 0) is 43.6 Å². The molecule has 5 rings (SSSR count). The standard InChI is InChI=1S/C25H29F3N6O2/c1-3-19-22(33-14-18(36-2)8-9-20(33)30-19)24(35)29-13-15-4-6-16(7-5-15)23-31-21-12-17(25(26,27)28)10-11-34(21)32-23/h4-7,17-18H,3,8-14H2,1-2H3,(H,29,35)/t17?,18-/m0/s1. The molecule has 0 saturated carbocycles. The summed E-state index contributed by atoms with van der Waals surface area (Å²) in [5.74, 6) is 0.152. The highest BCUT2D eigenvalue weighted by Gasteiger charge is 2.42. The van der Waals surface area contributed by atoms with E-state index in [9.17, 15) is 18.0 Å². The molecule has 4 heterocycles.